The highest BCUT2D eigenvalue weighted by molar-refractivity contribution is 5.95. The van der Waals surface area contributed by atoms with E-state index in [1.807, 2.05) is 0 Å². The molecule has 164 valence electrons. The van der Waals surface area contributed by atoms with Crippen molar-refractivity contribution in [3.8, 4) is 0 Å². The fraction of sp³-hybridized carbons (Fsp3) is 0.857. The van der Waals surface area contributed by atoms with Crippen molar-refractivity contribution < 1.29 is 24.2 Å². The molecule has 2 aliphatic heterocycles. The van der Waals surface area contributed by atoms with Crippen LogP contribution >= 0.6 is 0 Å². The lowest BCUT2D eigenvalue weighted by Crippen LogP contribution is -2.61. The maximum atomic E-state index is 13.1. The van der Waals surface area contributed by atoms with E-state index in [1.165, 1.54) is 11.3 Å². The van der Waals surface area contributed by atoms with Gasteiger partial charge in [-0.05, 0) is 51.0 Å². The molecule has 0 aromatic carbocycles. The first-order valence-corrected chi connectivity index (χ1v) is 11.1. The van der Waals surface area contributed by atoms with E-state index in [1.54, 1.807) is 0 Å². The van der Waals surface area contributed by atoms with Crippen molar-refractivity contribution in [1.29, 1.82) is 0 Å². The molecule has 1 saturated carbocycles. The average Bonchev–Trinajstić information content (AvgIpc) is 3.32. The molecule has 0 aromatic heterocycles. The molecule has 8 heteroatoms. The molecule has 0 bridgehead atoms. The van der Waals surface area contributed by atoms with E-state index in [2.05, 4.69) is 0 Å². The number of amides is 1. The molecule has 0 spiro atoms. The van der Waals surface area contributed by atoms with E-state index in [4.69, 9.17) is 16.2 Å². The van der Waals surface area contributed by atoms with Crippen molar-refractivity contribution in [2.24, 2.45) is 23.3 Å². The van der Waals surface area contributed by atoms with Crippen molar-refractivity contribution in [3.05, 3.63) is 0 Å². The minimum Gasteiger partial charge on any atom is -0.479 e. The van der Waals surface area contributed by atoms with Gasteiger partial charge >= 0.3 is 11.9 Å². The first-order chi connectivity index (χ1) is 13.9. The smallest absolute Gasteiger partial charge is 0.330 e. The number of nitrogens with two attached hydrogens (primary N) is 2. The zero-order valence-electron chi connectivity index (χ0n) is 17.2. The summed E-state index contributed by atoms with van der Waals surface area (Å²) in [5.41, 5.74) is 10.1. The minimum atomic E-state index is -1.54. The highest BCUT2D eigenvalue weighted by Gasteiger charge is 2.61. The van der Waals surface area contributed by atoms with Crippen molar-refractivity contribution in [2.75, 3.05) is 13.1 Å². The topological polar surface area (TPSA) is 136 Å². The van der Waals surface area contributed by atoms with E-state index < -0.39 is 29.4 Å². The summed E-state index contributed by atoms with van der Waals surface area (Å²) in [5, 5.41) is 10.2. The number of rotatable bonds is 8. The zero-order valence-corrected chi connectivity index (χ0v) is 17.2. The maximum Gasteiger partial charge on any atom is 0.330 e. The van der Waals surface area contributed by atoms with Crippen LogP contribution in [-0.4, -0.2) is 58.6 Å². The van der Waals surface area contributed by atoms with Gasteiger partial charge in [-0.3, -0.25) is 9.59 Å². The van der Waals surface area contributed by atoms with E-state index in [0.717, 1.165) is 32.1 Å². The van der Waals surface area contributed by atoms with Gasteiger partial charge in [0.25, 0.3) is 0 Å². The Morgan fingerprint density at radius 1 is 1.21 bits per heavy atom. The number of hydrogen-bond acceptors (Lipinski definition) is 6. The van der Waals surface area contributed by atoms with Gasteiger partial charge in [-0.1, -0.05) is 25.7 Å². The number of unbranched alkanes of at least 4 members (excludes halogenated alkanes) is 1. The fourth-order valence-corrected chi connectivity index (χ4v) is 5.51. The Morgan fingerprint density at radius 3 is 2.59 bits per heavy atom. The second kappa shape index (κ2) is 9.43. The lowest BCUT2D eigenvalue weighted by molar-refractivity contribution is -0.166. The first-order valence-electron chi connectivity index (χ1n) is 11.1. The van der Waals surface area contributed by atoms with E-state index in [9.17, 15) is 19.5 Å². The van der Waals surface area contributed by atoms with Crippen LogP contribution in [0.1, 0.15) is 70.6 Å². The van der Waals surface area contributed by atoms with Crippen LogP contribution in [0.5, 0.6) is 0 Å². The predicted molar refractivity (Wildman–Crippen MR) is 107 cm³/mol. The summed E-state index contributed by atoms with van der Waals surface area (Å²) in [6.07, 6.45) is 8.36. The highest BCUT2D eigenvalue weighted by atomic mass is 16.6. The zero-order chi connectivity index (χ0) is 21.0. The van der Waals surface area contributed by atoms with Gasteiger partial charge in [-0.25, -0.2) is 4.79 Å². The standard InChI is InChI=1S/C21H35N3O5/c22-11-5-4-9-16(23)18(25)24-12-6-10-21(24,20(27)28)15-13-17(29-19(15)26)14-7-2-1-3-8-14/h14-17H,1-13,22-23H2,(H,27,28)/t15?,16-,17?,21+/m0/s1. The number of carbonyl (C=O) groups excluding carboxylic acids is 2. The Morgan fingerprint density at radius 2 is 1.93 bits per heavy atom. The molecule has 0 radical (unpaired) electrons. The number of carboxylic acid groups (broad SMARTS) is 1. The van der Waals surface area contributed by atoms with Crippen molar-refractivity contribution in [2.45, 2.75) is 88.3 Å². The van der Waals surface area contributed by atoms with Crippen molar-refractivity contribution in [3.63, 3.8) is 0 Å². The molecule has 2 heterocycles. The molecule has 3 fully saturated rings. The molecular weight excluding hydrogens is 374 g/mol. The number of ether oxygens (including phenoxy) is 1. The molecular formula is C21H35N3O5. The van der Waals surface area contributed by atoms with Gasteiger partial charge in [0.1, 0.15) is 6.10 Å². The van der Waals surface area contributed by atoms with Gasteiger partial charge in [0.15, 0.2) is 5.54 Å². The van der Waals surface area contributed by atoms with Crippen LogP contribution in [0, 0.1) is 11.8 Å². The van der Waals surface area contributed by atoms with E-state index in [-0.39, 0.29) is 18.4 Å². The van der Waals surface area contributed by atoms with Crippen molar-refractivity contribution >= 4 is 17.8 Å². The molecule has 2 saturated heterocycles. The molecule has 1 aliphatic carbocycles. The van der Waals surface area contributed by atoms with Crippen LogP contribution in [0.25, 0.3) is 0 Å². The number of nitrogens with zero attached hydrogens (tertiary/aromatic N) is 1. The summed E-state index contributed by atoms with van der Waals surface area (Å²) >= 11 is 0. The van der Waals surface area contributed by atoms with E-state index in [0.29, 0.717) is 44.7 Å². The SMILES string of the molecule is NCCCC[C@H](N)C(=O)N1CCC[C@]1(C(=O)O)C1CC(C2CCCCC2)OC1=O. The Labute approximate surface area is 172 Å². The molecule has 4 atom stereocenters. The summed E-state index contributed by atoms with van der Waals surface area (Å²) in [4.78, 5) is 39.7. The number of carboxylic acids is 1. The number of carbonyl (C=O) groups is 3. The highest BCUT2D eigenvalue weighted by Crippen LogP contribution is 2.45. The van der Waals surface area contributed by atoms with Crippen LogP contribution in [0.4, 0.5) is 0 Å². The first kappa shape index (κ1) is 22.0. The summed E-state index contributed by atoms with van der Waals surface area (Å²) in [5.74, 6) is -2.50. The molecule has 5 N–H and O–H groups in total. The summed E-state index contributed by atoms with van der Waals surface area (Å²) in [6, 6.07) is -0.773. The summed E-state index contributed by atoms with van der Waals surface area (Å²) in [7, 11) is 0. The lowest BCUT2D eigenvalue weighted by Gasteiger charge is -2.39. The molecule has 3 rings (SSSR count). The van der Waals surface area contributed by atoms with Crippen LogP contribution in [0.2, 0.25) is 0 Å². The quantitative estimate of drug-likeness (QED) is 0.407. The number of likely N-dealkylation sites (tertiary alicyclic amines) is 1. The molecule has 29 heavy (non-hydrogen) atoms. The fourth-order valence-electron chi connectivity index (χ4n) is 5.51. The van der Waals surface area contributed by atoms with Gasteiger partial charge < -0.3 is 26.2 Å². The van der Waals surface area contributed by atoms with Gasteiger partial charge in [-0.2, -0.15) is 0 Å². The van der Waals surface area contributed by atoms with Crippen LogP contribution in [-0.2, 0) is 19.1 Å². The number of esters is 1. The van der Waals surface area contributed by atoms with E-state index >= 15 is 0 Å². The third-order valence-corrected chi connectivity index (χ3v) is 7.12. The molecule has 8 nitrogen and oxygen atoms in total. The predicted octanol–water partition coefficient (Wildman–Crippen LogP) is 1.40. The van der Waals surface area contributed by atoms with Crippen LogP contribution in [0.3, 0.4) is 0 Å². The summed E-state index contributed by atoms with van der Waals surface area (Å²) in [6.45, 7) is 0.841. The van der Waals surface area contributed by atoms with Crippen LogP contribution < -0.4 is 11.5 Å². The van der Waals surface area contributed by atoms with Gasteiger partial charge in [-0.15, -0.1) is 0 Å². The second-order valence-corrected chi connectivity index (χ2v) is 8.88. The minimum absolute atomic E-state index is 0.236. The Kier molecular flexibility index (Phi) is 7.16. The van der Waals surface area contributed by atoms with Gasteiger partial charge in [0.2, 0.25) is 5.91 Å². The lowest BCUT2D eigenvalue weighted by atomic mass is 9.76. The largest absolute Gasteiger partial charge is 0.479 e. The Hall–Kier alpha value is -1.67. The third kappa shape index (κ3) is 4.28. The molecule has 0 aromatic rings. The van der Waals surface area contributed by atoms with Crippen molar-refractivity contribution in [1.82, 2.24) is 4.90 Å². The van der Waals surface area contributed by atoms with Gasteiger partial charge in [0.05, 0.1) is 12.0 Å². The Bertz CT molecular complexity index is 621. The third-order valence-electron chi connectivity index (χ3n) is 7.12. The second-order valence-electron chi connectivity index (χ2n) is 8.88. The van der Waals surface area contributed by atoms with Crippen LogP contribution in [0.15, 0.2) is 0 Å². The monoisotopic (exact) mass is 409 g/mol. The van der Waals surface area contributed by atoms with Gasteiger partial charge in [0, 0.05) is 13.0 Å². The maximum absolute atomic E-state index is 13.1. The number of cyclic esters (lactones) is 1. The molecule has 3 aliphatic rings. The normalized spacial score (nSPS) is 31.7. The summed E-state index contributed by atoms with van der Waals surface area (Å²) < 4.78 is 5.68. The molecule has 2 unspecified atom stereocenters. The Balaban J connectivity index is 1.78. The number of hydrogen-bond donors (Lipinski definition) is 3. The average molecular weight is 410 g/mol. The molecule has 1 amide bonds. The number of aliphatic carboxylic acids is 1.